The summed E-state index contributed by atoms with van der Waals surface area (Å²) in [5.41, 5.74) is 2.61. The molecule has 17 heavy (non-hydrogen) atoms. The molecular weight excluding hydrogens is 216 g/mol. The lowest BCUT2D eigenvalue weighted by atomic mass is 10.2. The third kappa shape index (κ3) is 2.03. The highest BCUT2D eigenvalue weighted by Crippen LogP contribution is 2.28. The Morgan fingerprint density at radius 1 is 1.29 bits per heavy atom. The maximum Gasteiger partial charge on any atom is 0.354 e. The third-order valence-electron chi connectivity index (χ3n) is 2.76. The molecule has 2 rings (SSSR count). The van der Waals surface area contributed by atoms with Crippen LogP contribution in [0.1, 0.15) is 10.5 Å². The number of nitrogens with zero attached hydrogens (tertiary/aromatic N) is 1. The number of benzene rings is 1. The van der Waals surface area contributed by atoms with Crippen LogP contribution < -0.4 is 4.48 Å². The number of hydrogen-bond donors (Lipinski definition) is 1. The average Bonchev–Trinajstić information content (AvgIpc) is 2.69. The predicted molar refractivity (Wildman–Crippen MR) is 69.2 cm³/mol. The highest BCUT2D eigenvalue weighted by atomic mass is 16.5. The molecule has 0 fully saturated rings. The van der Waals surface area contributed by atoms with E-state index in [1.165, 1.54) is 7.11 Å². The zero-order valence-electron chi connectivity index (χ0n) is 10.6. The van der Waals surface area contributed by atoms with Crippen molar-refractivity contribution in [2.45, 2.75) is 0 Å². The zero-order valence-corrected chi connectivity index (χ0v) is 10.6. The summed E-state index contributed by atoms with van der Waals surface area (Å²) in [5.74, 6) is -0.339. The van der Waals surface area contributed by atoms with Crippen LogP contribution in [0.5, 0.6) is 0 Å². The second kappa shape index (κ2) is 3.89. The quantitative estimate of drug-likeness (QED) is 0.638. The molecule has 0 spiro atoms. The van der Waals surface area contributed by atoms with Gasteiger partial charge in [0.25, 0.3) is 0 Å². The first-order valence-electron chi connectivity index (χ1n) is 5.45. The van der Waals surface area contributed by atoms with E-state index in [9.17, 15) is 4.79 Å². The highest BCUT2D eigenvalue weighted by molar-refractivity contribution is 5.98. The number of carbonyl (C=O) groups is 1. The largest absolute Gasteiger partial charge is 0.464 e. The van der Waals surface area contributed by atoms with Crippen molar-refractivity contribution in [1.82, 2.24) is 9.47 Å². The van der Waals surface area contributed by atoms with Gasteiger partial charge in [-0.25, -0.2) is 4.79 Å². The van der Waals surface area contributed by atoms with Gasteiger partial charge in [0.05, 0.1) is 28.3 Å². The molecule has 1 aromatic heterocycles. The molecule has 4 heteroatoms. The van der Waals surface area contributed by atoms with Crippen molar-refractivity contribution in [2.75, 3.05) is 28.3 Å². The van der Waals surface area contributed by atoms with Crippen molar-refractivity contribution in [3.8, 4) is 0 Å². The van der Waals surface area contributed by atoms with E-state index in [1.807, 2.05) is 18.2 Å². The summed E-state index contributed by atoms with van der Waals surface area (Å²) in [7, 11) is 7.66. The van der Waals surface area contributed by atoms with Crippen LogP contribution in [-0.2, 0) is 4.74 Å². The summed E-state index contributed by atoms with van der Waals surface area (Å²) >= 11 is 0. The minimum atomic E-state index is -0.339. The Kier molecular flexibility index (Phi) is 2.67. The summed E-state index contributed by atoms with van der Waals surface area (Å²) in [6, 6.07) is 7.85. The smallest absolute Gasteiger partial charge is 0.354 e. The number of H-pyrrole nitrogens is 1. The van der Waals surface area contributed by atoms with Crippen LogP contribution in [0.3, 0.4) is 0 Å². The van der Waals surface area contributed by atoms with Crippen molar-refractivity contribution < 1.29 is 9.53 Å². The summed E-state index contributed by atoms with van der Waals surface area (Å²) < 4.78 is 5.41. The Hall–Kier alpha value is -1.81. The molecule has 0 radical (unpaired) electrons. The number of nitrogens with one attached hydrogen (secondary N) is 1. The predicted octanol–water partition coefficient (Wildman–Crippen LogP) is 2.15. The molecule has 0 unspecified atom stereocenters. The van der Waals surface area contributed by atoms with Gasteiger partial charge in [-0.3, -0.25) is 4.48 Å². The van der Waals surface area contributed by atoms with E-state index in [4.69, 9.17) is 4.74 Å². The van der Waals surface area contributed by atoms with Crippen LogP contribution in [0.15, 0.2) is 24.3 Å². The zero-order chi connectivity index (χ0) is 12.6. The van der Waals surface area contributed by atoms with Gasteiger partial charge in [-0.2, -0.15) is 0 Å². The topological polar surface area (TPSA) is 42.1 Å². The van der Waals surface area contributed by atoms with Crippen molar-refractivity contribution in [3.05, 3.63) is 30.0 Å². The van der Waals surface area contributed by atoms with E-state index < -0.39 is 0 Å². The number of rotatable bonds is 2. The number of hydrogen-bond acceptors (Lipinski definition) is 2. The maximum absolute atomic E-state index is 11.5. The van der Waals surface area contributed by atoms with Crippen LogP contribution in [0.25, 0.3) is 10.9 Å². The van der Waals surface area contributed by atoms with Crippen LogP contribution in [0, 0.1) is 0 Å². The minimum Gasteiger partial charge on any atom is -0.464 e. The molecule has 90 valence electrons. The molecule has 1 heterocycles. The van der Waals surface area contributed by atoms with Gasteiger partial charge in [0, 0.05) is 11.5 Å². The number of esters is 1. The van der Waals surface area contributed by atoms with E-state index in [0.29, 0.717) is 10.2 Å². The van der Waals surface area contributed by atoms with Crippen LogP contribution in [-0.4, -0.2) is 39.2 Å². The fraction of sp³-hybridized carbons (Fsp3) is 0.308. The standard InChI is InChI=1S/C13H16N2O2/c1-15(2,3)11-7-5-6-9-8-10(13(16)17-4)14-12(9)11/h5-8H,1-4H3/p+1. The first-order valence-corrected chi connectivity index (χ1v) is 5.45. The Morgan fingerprint density at radius 2 is 2.00 bits per heavy atom. The third-order valence-corrected chi connectivity index (χ3v) is 2.76. The van der Waals surface area contributed by atoms with E-state index >= 15 is 0 Å². The first kappa shape index (κ1) is 11.7. The first-order chi connectivity index (χ1) is 7.93. The number of carbonyl (C=O) groups excluding carboxylic acids is 1. The van der Waals surface area contributed by atoms with Crippen molar-refractivity contribution in [1.29, 1.82) is 0 Å². The number of methoxy groups -OCH3 is 1. The summed E-state index contributed by atoms with van der Waals surface area (Å²) in [6.07, 6.45) is 0. The molecule has 0 bridgehead atoms. The van der Waals surface area contributed by atoms with Gasteiger partial charge in [-0.1, -0.05) is 12.1 Å². The number of para-hydroxylation sites is 1. The SMILES string of the molecule is COC(=O)c1cc2cccc([N+](C)(C)C)c2[nH]1. The fourth-order valence-corrected chi connectivity index (χ4v) is 1.92. The monoisotopic (exact) mass is 233 g/mol. The maximum atomic E-state index is 11.5. The summed E-state index contributed by atoms with van der Waals surface area (Å²) in [4.78, 5) is 14.6. The minimum absolute atomic E-state index is 0.339. The summed E-state index contributed by atoms with van der Waals surface area (Å²) in [5, 5.41) is 1.02. The number of aromatic amines is 1. The lowest BCUT2D eigenvalue weighted by molar-refractivity contribution is 0.0595. The number of quaternary nitrogens is 1. The fourth-order valence-electron chi connectivity index (χ4n) is 1.92. The van der Waals surface area contributed by atoms with Crippen LogP contribution in [0.4, 0.5) is 5.69 Å². The van der Waals surface area contributed by atoms with Gasteiger partial charge in [0.15, 0.2) is 5.69 Å². The van der Waals surface area contributed by atoms with Gasteiger partial charge >= 0.3 is 5.97 Å². The molecule has 0 saturated carbocycles. The highest BCUT2D eigenvalue weighted by Gasteiger charge is 2.19. The molecule has 0 amide bonds. The Balaban J connectivity index is 2.65. The second-order valence-corrected chi connectivity index (χ2v) is 4.93. The molecule has 0 atom stereocenters. The Bertz CT molecular complexity index is 564. The van der Waals surface area contributed by atoms with E-state index in [-0.39, 0.29) is 5.97 Å². The average molecular weight is 233 g/mol. The molecule has 4 nitrogen and oxygen atoms in total. The molecule has 0 aliphatic heterocycles. The van der Waals surface area contributed by atoms with Crippen molar-refractivity contribution in [2.24, 2.45) is 0 Å². The molecule has 1 aromatic carbocycles. The normalized spacial score (nSPS) is 11.8. The van der Waals surface area contributed by atoms with Gasteiger partial charge in [0.2, 0.25) is 0 Å². The lowest BCUT2D eigenvalue weighted by Gasteiger charge is -2.23. The molecule has 0 aliphatic rings. The molecular formula is C13H17N2O2+. The van der Waals surface area contributed by atoms with Crippen LogP contribution in [0.2, 0.25) is 0 Å². The van der Waals surface area contributed by atoms with E-state index in [1.54, 1.807) is 0 Å². The van der Waals surface area contributed by atoms with E-state index in [2.05, 4.69) is 32.2 Å². The van der Waals surface area contributed by atoms with Crippen LogP contribution >= 0.6 is 0 Å². The van der Waals surface area contributed by atoms with Gasteiger partial charge in [-0.05, 0) is 6.07 Å². The van der Waals surface area contributed by atoms with Gasteiger partial charge < -0.3 is 9.72 Å². The number of aromatic nitrogens is 1. The Morgan fingerprint density at radius 3 is 2.59 bits per heavy atom. The molecule has 0 aliphatic carbocycles. The van der Waals surface area contributed by atoms with Crippen molar-refractivity contribution >= 4 is 22.6 Å². The van der Waals surface area contributed by atoms with E-state index in [0.717, 1.165) is 16.6 Å². The summed E-state index contributed by atoms with van der Waals surface area (Å²) in [6.45, 7) is 0. The lowest BCUT2D eigenvalue weighted by Crippen LogP contribution is -2.34. The van der Waals surface area contributed by atoms with Gasteiger partial charge in [-0.15, -0.1) is 0 Å². The molecule has 0 saturated heterocycles. The number of fused-ring (bicyclic) bond motifs is 1. The van der Waals surface area contributed by atoms with Crippen molar-refractivity contribution in [3.63, 3.8) is 0 Å². The molecule has 1 N–H and O–H groups in total. The second-order valence-electron chi connectivity index (χ2n) is 4.93. The Labute approximate surface area is 100 Å². The van der Waals surface area contributed by atoms with Gasteiger partial charge in [0.1, 0.15) is 11.2 Å². The number of ether oxygens (including phenoxy) is 1. The molecule has 2 aromatic rings.